The Morgan fingerprint density at radius 1 is 1.04 bits per heavy atom. The van der Waals surface area contributed by atoms with E-state index in [2.05, 4.69) is 29.6 Å². The van der Waals surface area contributed by atoms with Gasteiger partial charge in [0.1, 0.15) is 0 Å². The second-order valence-electron chi connectivity index (χ2n) is 5.88. The normalized spacial score (nSPS) is 11.7. The summed E-state index contributed by atoms with van der Waals surface area (Å²) in [5, 5.41) is 14.2. The van der Waals surface area contributed by atoms with Gasteiger partial charge in [0, 0.05) is 0 Å². The van der Waals surface area contributed by atoms with Crippen LogP contribution in [0.2, 0.25) is 0 Å². The fourth-order valence-corrected chi connectivity index (χ4v) is 2.76. The molecule has 0 fully saturated rings. The molecule has 0 spiro atoms. The van der Waals surface area contributed by atoms with E-state index in [1.165, 1.54) is 5.39 Å². The van der Waals surface area contributed by atoms with Gasteiger partial charge in [-0.3, -0.25) is 4.79 Å². The summed E-state index contributed by atoms with van der Waals surface area (Å²) >= 11 is 0. The van der Waals surface area contributed by atoms with Crippen LogP contribution in [0.4, 0.5) is 0 Å². The highest BCUT2D eigenvalue weighted by molar-refractivity contribution is 5.85. The van der Waals surface area contributed by atoms with Crippen LogP contribution in [0.1, 0.15) is 29.7 Å². The third kappa shape index (κ3) is 3.61. The lowest BCUT2D eigenvalue weighted by Crippen LogP contribution is -2.28. The number of hydrogen-bond donors (Lipinski definition) is 1. The molecule has 1 atom stereocenters. The number of carbonyl (C=O) groups excluding carboxylic acids is 1. The van der Waals surface area contributed by atoms with E-state index in [0.717, 1.165) is 16.5 Å². The summed E-state index contributed by atoms with van der Waals surface area (Å²) in [6, 6.07) is 23.5. The van der Waals surface area contributed by atoms with Crippen LogP contribution in [0, 0.1) is 11.3 Å². The summed E-state index contributed by atoms with van der Waals surface area (Å²) in [5.74, 6) is -0.0119. The molecule has 0 saturated carbocycles. The Morgan fingerprint density at radius 2 is 1.75 bits per heavy atom. The average molecular weight is 314 g/mol. The molecule has 0 bridgehead atoms. The third-order valence-corrected chi connectivity index (χ3v) is 4.10. The summed E-state index contributed by atoms with van der Waals surface area (Å²) in [6.45, 7) is 1.94. The molecule has 3 heteroatoms. The van der Waals surface area contributed by atoms with Crippen LogP contribution < -0.4 is 5.32 Å². The maximum atomic E-state index is 12.3. The molecule has 0 heterocycles. The molecular weight excluding hydrogens is 296 g/mol. The van der Waals surface area contributed by atoms with Gasteiger partial charge in [0.2, 0.25) is 5.91 Å². The van der Waals surface area contributed by atoms with Gasteiger partial charge in [0.25, 0.3) is 0 Å². The second-order valence-corrected chi connectivity index (χ2v) is 5.88. The van der Waals surface area contributed by atoms with Crippen LogP contribution in [0.3, 0.4) is 0 Å². The lowest BCUT2D eigenvalue weighted by Gasteiger charge is -2.14. The van der Waals surface area contributed by atoms with E-state index in [9.17, 15) is 4.79 Å². The smallest absolute Gasteiger partial charge is 0.224 e. The number of nitrogens with one attached hydrogen (secondary N) is 1. The van der Waals surface area contributed by atoms with Crippen molar-refractivity contribution in [3.05, 3.63) is 83.4 Å². The van der Waals surface area contributed by atoms with Crippen molar-refractivity contribution in [3.63, 3.8) is 0 Å². The number of nitriles is 1. The Hall–Kier alpha value is -3.12. The van der Waals surface area contributed by atoms with Crippen molar-refractivity contribution in [2.75, 3.05) is 0 Å². The van der Waals surface area contributed by atoms with Gasteiger partial charge in [-0.1, -0.05) is 54.6 Å². The molecule has 0 aliphatic heterocycles. The largest absolute Gasteiger partial charge is 0.349 e. The van der Waals surface area contributed by atoms with Gasteiger partial charge < -0.3 is 5.32 Å². The first-order valence-corrected chi connectivity index (χ1v) is 7.93. The standard InChI is InChI=1S/C21H18N2O/c1-15(18-9-6-16(14-22)7-10-18)23-21(24)13-17-8-11-19-4-2-3-5-20(19)12-17/h2-12,15H,13H2,1H3,(H,23,24). The first-order chi connectivity index (χ1) is 11.7. The quantitative estimate of drug-likeness (QED) is 0.787. The summed E-state index contributed by atoms with van der Waals surface area (Å²) in [4.78, 5) is 12.3. The molecule has 0 aromatic heterocycles. The highest BCUT2D eigenvalue weighted by Crippen LogP contribution is 2.17. The van der Waals surface area contributed by atoms with E-state index < -0.39 is 0 Å². The summed E-state index contributed by atoms with van der Waals surface area (Å²) in [7, 11) is 0. The molecule has 0 aliphatic rings. The fraction of sp³-hybridized carbons (Fsp3) is 0.143. The van der Waals surface area contributed by atoms with Gasteiger partial charge in [-0.05, 0) is 41.0 Å². The van der Waals surface area contributed by atoms with Crippen LogP contribution in [0.25, 0.3) is 10.8 Å². The van der Waals surface area contributed by atoms with Gasteiger partial charge in [-0.25, -0.2) is 0 Å². The Labute approximate surface area is 141 Å². The summed E-state index contributed by atoms with van der Waals surface area (Å²) < 4.78 is 0. The SMILES string of the molecule is CC(NC(=O)Cc1ccc2ccccc2c1)c1ccc(C#N)cc1. The van der Waals surface area contributed by atoms with Crippen LogP contribution in [-0.2, 0) is 11.2 Å². The van der Waals surface area contributed by atoms with Crippen molar-refractivity contribution in [2.45, 2.75) is 19.4 Å². The van der Waals surface area contributed by atoms with Gasteiger partial charge in [0.15, 0.2) is 0 Å². The van der Waals surface area contributed by atoms with E-state index in [-0.39, 0.29) is 11.9 Å². The molecule has 118 valence electrons. The van der Waals surface area contributed by atoms with E-state index in [1.54, 1.807) is 12.1 Å². The number of benzene rings is 3. The minimum absolute atomic E-state index is 0.0119. The molecule has 1 N–H and O–H groups in total. The molecule has 3 aromatic carbocycles. The first kappa shape index (κ1) is 15.8. The molecule has 3 aromatic rings. The molecule has 24 heavy (non-hydrogen) atoms. The Bertz CT molecular complexity index is 907. The van der Waals surface area contributed by atoms with Gasteiger partial charge in [-0.15, -0.1) is 0 Å². The molecule has 0 radical (unpaired) electrons. The van der Waals surface area contributed by atoms with Gasteiger partial charge in [0.05, 0.1) is 24.1 Å². The Morgan fingerprint density at radius 3 is 2.46 bits per heavy atom. The monoisotopic (exact) mass is 314 g/mol. The molecular formula is C21H18N2O. The number of carbonyl (C=O) groups is 1. The molecule has 3 nitrogen and oxygen atoms in total. The number of nitrogens with zero attached hydrogens (tertiary/aromatic N) is 1. The number of fused-ring (bicyclic) bond motifs is 1. The number of hydrogen-bond acceptors (Lipinski definition) is 2. The van der Waals surface area contributed by atoms with Gasteiger partial charge >= 0.3 is 0 Å². The molecule has 0 saturated heterocycles. The van der Waals surface area contributed by atoms with Crippen LogP contribution >= 0.6 is 0 Å². The lowest BCUT2D eigenvalue weighted by atomic mass is 10.0. The average Bonchev–Trinajstić information content (AvgIpc) is 2.61. The second kappa shape index (κ2) is 6.97. The lowest BCUT2D eigenvalue weighted by molar-refractivity contribution is -0.121. The zero-order valence-corrected chi connectivity index (χ0v) is 13.5. The number of rotatable bonds is 4. The minimum Gasteiger partial charge on any atom is -0.349 e. The molecule has 1 amide bonds. The fourth-order valence-electron chi connectivity index (χ4n) is 2.76. The predicted molar refractivity (Wildman–Crippen MR) is 95.4 cm³/mol. The highest BCUT2D eigenvalue weighted by Gasteiger charge is 2.10. The number of amides is 1. The summed E-state index contributed by atoms with van der Waals surface area (Å²) in [5.41, 5.74) is 2.60. The molecule has 3 rings (SSSR count). The predicted octanol–water partition coefficient (Wildman–Crippen LogP) is 4.13. The van der Waals surface area contributed by atoms with E-state index >= 15 is 0 Å². The first-order valence-electron chi connectivity index (χ1n) is 7.93. The highest BCUT2D eigenvalue weighted by atomic mass is 16.1. The Kier molecular flexibility index (Phi) is 4.58. The topological polar surface area (TPSA) is 52.9 Å². The maximum absolute atomic E-state index is 12.3. The van der Waals surface area contributed by atoms with Gasteiger partial charge in [-0.2, -0.15) is 5.26 Å². The zero-order chi connectivity index (χ0) is 16.9. The Balaban J connectivity index is 1.66. The van der Waals surface area contributed by atoms with Crippen molar-refractivity contribution >= 4 is 16.7 Å². The van der Waals surface area contributed by atoms with Crippen molar-refractivity contribution in [1.82, 2.24) is 5.32 Å². The van der Waals surface area contributed by atoms with Crippen molar-refractivity contribution in [1.29, 1.82) is 5.26 Å². The molecule has 1 unspecified atom stereocenters. The minimum atomic E-state index is -0.0919. The van der Waals surface area contributed by atoms with Crippen LogP contribution in [0.5, 0.6) is 0 Å². The van der Waals surface area contributed by atoms with Crippen LogP contribution in [0.15, 0.2) is 66.7 Å². The zero-order valence-electron chi connectivity index (χ0n) is 13.5. The summed E-state index contributed by atoms with van der Waals surface area (Å²) in [6.07, 6.45) is 0.353. The van der Waals surface area contributed by atoms with Crippen molar-refractivity contribution in [2.24, 2.45) is 0 Å². The van der Waals surface area contributed by atoms with Crippen molar-refractivity contribution in [3.8, 4) is 6.07 Å². The van der Waals surface area contributed by atoms with E-state index in [4.69, 9.17) is 5.26 Å². The maximum Gasteiger partial charge on any atom is 0.224 e. The van der Waals surface area contributed by atoms with Crippen LogP contribution in [-0.4, -0.2) is 5.91 Å². The molecule has 0 aliphatic carbocycles. The van der Waals surface area contributed by atoms with E-state index in [1.807, 2.05) is 43.3 Å². The van der Waals surface area contributed by atoms with Crippen molar-refractivity contribution < 1.29 is 4.79 Å². The van der Waals surface area contributed by atoms with E-state index in [0.29, 0.717) is 12.0 Å². The third-order valence-electron chi connectivity index (χ3n) is 4.10.